The molecule has 25 heavy (non-hydrogen) atoms. The SMILES string of the molecule is Cc1nn(C)c(C)c1C1CCCN1C1CCN(C(=O)C(C)(C)C)CC1. The van der Waals surface area contributed by atoms with Crippen LogP contribution < -0.4 is 0 Å². The van der Waals surface area contributed by atoms with Crippen molar-refractivity contribution in [3.05, 3.63) is 17.0 Å². The minimum atomic E-state index is -0.271. The van der Waals surface area contributed by atoms with Crippen molar-refractivity contribution in [2.24, 2.45) is 12.5 Å². The van der Waals surface area contributed by atoms with Gasteiger partial charge in [0.2, 0.25) is 5.91 Å². The molecular formula is C20H34N4O. The van der Waals surface area contributed by atoms with E-state index in [-0.39, 0.29) is 5.41 Å². The summed E-state index contributed by atoms with van der Waals surface area (Å²) in [5, 5.41) is 4.63. The van der Waals surface area contributed by atoms with Gasteiger partial charge in [-0.05, 0) is 46.1 Å². The first-order valence-electron chi connectivity index (χ1n) is 9.75. The predicted octanol–water partition coefficient (Wildman–Crippen LogP) is 3.21. The van der Waals surface area contributed by atoms with E-state index in [9.17, 15) is 4.79 Å². The molecule has 5 heteroatoms. The molecule has 140 valence electrons. The highest BCUT2D eigenvalue weighted by molar-refractivity contribution is 5.81. The van der Waals surface area contributed by atoms with Crippen molar-refractivity contribution in [3.63, 3.8) is 0 Å². The van der Waals surface area contributed by atoms with E-state index in [0.29, 0.717) is 18.0 Å². The van der Waals surface area contributed by atoms with Crippen LogP contribution in [0.3, 0.4) is 0 Å². The lowest BCUT2D eigenvalue weighted by atomic mass is 9.92. The van der Waals surface area contributed by atoms with Crippen molar-refractivity contribution < 1.29 is 4.79 Å². The van der Waals surface area contributed by atoms with Crippen molar-refractivity contribution in [2.75, 3.05) is 19.6 Å². The lowest BCUT2D eigenvalue weighted by Gasteiger charge is -2.41. The molecule has 3 rings (SSSR count). The smallest absolute Gasteiger partial charge is 0.227 e. The van der Waals surface area contributed by atoms with Crippen molar-refractivity contribution in [1.82, 2.24) is 19.6 Å². The molecule has 2 fully saturated rings. The van der Waals surface area contributed by atoms with Crippen molar-refractivity contribution in [1.29, 1.82) is 0 Å². The highest BCUT2D eigenvalue weighted by Gasteiger charge is 2.37. The lowest BCUT2D eigenvalue weighted by molar-refractivity contribution is -0.141. The molecule has 0 N–H and O–H groups in total. The number of carbonyl (C=O) groups excluding carboxylic acids is 1. The number of rotatable bonds is 2. The fourth-order valence-corrected chi connectivity index (χ4v) is 4.68. The van der Waals surface area contributed by atoms with E-state index < -0.39 is 0 Å². The maximum atomic E-state index is 12.5. The zero-order chi connectivity index (χ0) is 18.4. The zero-order valence-corrected chi connectivity index (χ0v) is 16.8. The second-order valence-corrected chi connectivity index (χ2v) is 8.88. The molecule has 0 spiro atoms. The van der Waals surface area contributed by atoms with E-state index >= 15 is 0 Å². The summed E-state index contributed by atoms with van der Waals surface area (Å²) in [4.78, 5) is 17.3. The molecule has 0 saturated carbocycles. The largest absolute Gasteiger partial charge is 0.342 e. The van der Waals surface area contributed by atoms with Gasteiger partial charge in [0.1, 0.15) is 0 Å². The first-order valence-corrected chi connectivity index (χ1v) is 9.75. The normalized spacial score (nSPS) is 23.4. The number of likely N-dealkylation sites (tertiary alicyclic amines) is 2. The zero-order valence-electron chi connectivity index (χ0n) is 16.8. The van der Waals surface area contributed by atoms with Gasteiger partial charge >= 0.3 is 0 Å². The number of piperidine rings is 1. The second kappa shape index (κ2) is 6.75. The topological polar surface area (TPSA) is 41.4 Å². The van der Waals surface area contributed by atoms with Crippen LogP contribution in [0.15, 0.2) is 0 Å². The average Bonchev–Trinajstić information content (AvgIpc) is 3.11. The number of nitrogens with zero attached hydrogens (tertiary/aromatic N) is 4. The molecule has 5 nitrogen and oxygen atoms in total. The van der Waals surface area contributed by atoms with Crippen LogP contribution in [0, 0.1) is 19.3 Å². The van der Waals surface area contributed by atoms with Gasteiger partial charge in [-0.2, -0.15) is 5.10 Å². The van der Waals surface area contributed by atoms with Gasteiger partial charge in [-0.15, -0.1) is 0 Å². The summed E-state index contributed by atoms with van der Waals surface area (Å²) in [6, 6.07) is 1.10. The molecule has 2 aliphatic heterocycles. The third kappa shape index (κ3) is 3.48. The van der Waals surface area contributed by atoms with Gasteiger partial charge in [-0.3, -0.25) is 14.4 Å². The third-order valence-corrected chi connectivity index (χ3v) is 6.05. The van der Waals surface area contributed by atoms with E-state index in [4.69, 9.17) is 0 Å². The summed E-state index contributed by atoms with van der Waals surface area (Å²) >= 11 is 0. The number of aromatic nitrogens is 2. The summed E-state index contributed by atoms with van der Waals surface area (Å²) in [5.74, 6) is 0.294. The summed E-state index contributed by atoms with van der Waals surface area (Å²) in [7, 11) is 2.04. The van der Waals surface area contributed by atoms with E-state index in [0.717, 1.165) is 25.9 Å². The lowest BCUT2D eigenvalue weighted by Crippen LogP contribution is -2.49. The quantitative estimate of drug-likeness (QED) is 0.826. The molecule has 1 amide bonds. The Kier molecular flexibility index (Phi) is 4.97. The fraction of sp³-hybridized carbons (Fsp3) is 0.800. The predicted molar refractivity (Wildman–Crippen MR) is 100 cm³/mol. The average molecular weight is 347 g/mol. The molecule has 1 unspecified atom stereocenters. The Morgan fingerprint density at radius 1 is 1.08 bits per heavy atom. The highest BCUT2D eigenvalue weighted by Crippen LogP contribution is 2.39. The van der Waals surface area contributed by atoms with Gasteiger partial charge in [-0.25, -0.2) is 0 Å². The van der Waals surface area contributed by atoms with E-state index in [1.807, 2.05) is 32.5 Å². The van der Waals surface area contributed by atoms with Crippen LogP contribution in [-0.4, -0.2) is 51.2 Å². The molecule has 1 aromatic rings. The van der Waals surface area contributed by atoms with E-state index in [1.54, 1.807) is 0 Å². The van der Waals surface area contributed by atoms with Crippen LogP contribution in [0.25, 0.3) is 0 Å². The molecule has 0 aromatic carbocycles. The van der Waals surface area contributed by atoms with Crippen LogP contribution in [0.1, 0.15) is 69.4 Å². The maximum Gasteiger partial charge on any atom is 0.227 e. The Labute approximate surface area is 152 Å². The summed E-state index contributed by atoms with van der Waals surface area (Å²) in [6.07, 6.45) is 4.68. The van der Waals surface area contributed by atoms with Gasteiger partial charge < -0.3 is 4.90 Å². The van der Waals surface area contributed by atoms with E-state index in [2.05, 4.69) is 28.7 Å². The van der Waals surface area contributed by atoms with Crippen LogP contribution in [0.5, 0.6) is 0 Å². The molecule has 2 aliphatic rings. The molecule has 3 heterocycles. The minimum Gasteiger partial charge on any atom is -0.342 e. The summed E-state index contributed by atoms with van der Waals surface area (Å²) < 4.78 is 2.02. The van der Waals surface area contributed by atoms with Crippen LogP contribution in [0.4, 0.5) is 0 Å². The molecule has 1 atom stereocenters. The van der Waals surface area contributed by atoms with Crippen molar-refractivity contribution in [3.8, 4) is 0 Å². The van der Waals surface area contributed by atoms with E-state index in [1.165, 1.54) is 36.3 Å². The van der Waals surface area contributed by atoms with Gasteiger partial charge in [0.25, 0.3) is 0 Å². The standard InChI is InChI=1S/C20H34N4O/c1-14-18(15(2)22(6)21-14)17-8-7-11-24(17)16-9-12-23(13-10-16)19(25)20(3,4)5/h16-17H,7-13H2,1-6H3. The summed E-state index contributed by atoms with van der Waals surface area (Å²) in [5.41, 5.74) is 3.65. The Hall–Kier alpha value is -1.36. The first-order chi connectivity index (χ1) is 11.7. The monoisotopic (exact) mass is 346 g/mol. The van der Waals surface area contributed by atoms with Crippen LogP contribution in [-0.2, 0) is 11.8 Å². The Morgan fingerprint density at radius 2 is 1.72 bits per heavy atom. The second-order valence-electron chi connectivity index (χ2n) is 8.88. The highest BCUT2D eigenvalue weighted by atomic mass is 16.2. The molecule has 2 saturated heterocycles. The van der Waals surface area contributed by atoms with Gasteiger partial charge in [0.15, 0.2) is 0 Å². The van der Waals surface area contributed by atoms with Gasteiger partial charge in [0, 0.05) is 48.9 Å². The minimum absolute atomic E-state index is 0.271. The number of hydrogen-bond acceptors (Lipinski definition) is 3. The molecule has 1 aromatic heterocycles. The Balaban J connectivity index is 1.70. The number of hydrogen-bond donors (Lipinski definition) is 0. The number of carbonyl (C=O) groups is 1. The fourth-order valence-electron chi connectivity index (χ4n) is 4.68. The molecular weight excluding hydrogens is 312 g/mol. The number of amides is 1. The Morgan fingerprint density at radius 3 is 2.24 bits per heavy atom. The van der Waals surface area contributed by atoms with Crippen molar-refractivity contribution >= 4 is 5.91 Å². The number of aryl methyl sites for hydroxylation is 2. The van der Waals surface area contributed by atoms with Gasteiger partial charge in [-0.1, -0.05) is 20.8 Å². The first kappa shape index (κ1) is 18.4. The summed E-state index contributed by atoms with van der Waals surface area (Å²) in [6.45, 7) is 13.4. The molecule has 0 aliphatic carbocycles. The van der Waals surface area contributed by atoms with Gasteiger partial charge in [0.05, 0.1) is 5.69 Å². The Bertz CT molecular complexity index is 635. The van der Waals surface area contributed by atoms with Crippen molar-refractivity contribution in [2.45, 2.75) is 72.4 Å². The molecule has 0 radical (unpaired) electrons. The van der Waals surface area contributed by atoms with Crippen LogP contribution in [0.2, 0.25) is 0 Å². The third-order valence-electron chi connectivity index (χ3n) is 6.05. The maximum absolute atomic E-state index is 12.5. The van der Waals surface area contributed by atoms with Crippen LogP contribution >= 0.6 is 0 Å². The molecule has 0 bridgehead atoms.